The van der Waals surface area contributed by atoms with Crippen molar-refractivity contribution in [2.75, 3.05) is 0 Å². The number of terminal acetylenes is 1. The first kappa shape index (κ1) is 11.5. The van der Waals surface area contributed by atoms with Crippen LogP contribution < -0.4 is 0 Å². The highest BCUT2D eigenvalue weighted by atomic mass is 35.5. The smallest absolute Gasteiger partial charge is 0.165 e. The Labute approximate surface area is 101 Å². The van der Waals surface area contributed by atoms with Crippen LogP contribution in [-0.2, 0) is 9.47 Å². The summed E-state index contributed by atoms with van der Waals surface area (Å²) in [5.74, 6) is 1.92. The Morgan fingerprint density at radius 2 is 2.00 bits per heavy atom. The van der Waals surface area contributed by atoms with Crippen molar-refractivity contribution in [1.82, 2.24) is 0 Å². The van der Waals surface area contributed by atoms with Crippen LogP contribution in [0.4, 0.5) is 0 Å². The summed E-state index contributed by atoms with van der Waals surface area (Å²) in [4.78, 5) is 0. The molecule has 0 spiro atoms. The van der Waals surface area contributed by atoms with E-state index in [1.807, 2.05) is 38.1 Å². The van der Waals surface area contributed by atoms with E-state index in [1.54, 1.807) is 0 Å². The first-order valence-corrected chi connectivity index (χ1v) is 5.47. The SMILES string of the molecule is C#CC1OC(C)(C)OC1c1ccccc1Cl. The van der Waals surface area contributed by atoms with Gasteiger partial charge in [0.15, 0.2) is 11.9 Å². The molecule has 1 aromatic rings. The summed E-state index contributed by atoms with van der Waals surface area (Å²) >= 11 is 6.12. The van der Waals surface area contributed by atoms with Gasteiger partial charge in [-0.3, -0.25) is 0 Å². The van der Waals surface area contributed by atoms with Crippen LogP contribution in [0.1, 0.15) is 25.5 Å². The van der Waals surface area contributed by atoms with E-state index in [-0.39, 0.29) is 6.10 Å². The molecule has 0 radical (unpaired) electrons. The Morgan fingerprint density at radius 1 is 1.31 bits per heavy atom. The Hall–Kier alpha value is -1.01. The minimum Gasteiger partial charge on any atom is -0.339 e. The number of hydrogen-bond donors (Lipinski definition) is 0. The Bertz CT molecular complexity index is 434. The largest absolute Gasteiger partial charge is 0.339 e. The summed E-state index contributed by atoms with van der Waals surface area (Å²) in [5.41, 5.74) is 0.873. The second kappa shape index (κ2) is 4.10. The van der Waals surface area contributed by atoms with Crippen molar-refractivity contribution in [3.63, 3.8) is 0 Å². The van der Waals surface area contributed by atoms with Gasteiger partial charge in [0.1, 0.15) is 6.10 Å². The topological polar surface area (TPSA) is 18.5 Å². The summed E-state index contributed by atoms with van der Waals surface area (Å²) in [5, 5.41) is 0.647. The molecule has 16 heavy (non-hydrogen) atoms. The van der Waals surface area contributed by atoms with Crippen LogP contribution in [0.15, 0.2) is 24.3 Å². The lowest BCUT2D eigenvalue weighted by Gasteiger charge is -2.17. The third kappa shape index (κ3) is 2.08. The van der Waals surface area contributed by atoms with Crippen LogP contribution in [0.2, 0.25) is 5.02 Å². The van der Waals surface area contributed by atoms with Gasteiger partial charge in [-0.05, 0) is 19.9 Å². The van der Waals surface area contributed by atoms with Crippen LogP contribution in [-0.4, -0.2) is 11.9 Å². The fourth-order valence-electron chi connectivity index (χ4n) is 1.82. The second-order valence-electron chi connectivity index (χ2n) is 4.16. The lowest BCUT2D eigenvalue weighted by Crippen LogP contribution is -2.20. The standard InChI is InChI=1S/C13H13ClO2/c1-4-11-12(16-13(2,3)15-11)9-7-5-6-8-10(9)14/h1,5-8,11-12H,2-3H3. The van der Waals surface area contributed by atoms with Crippen LogP contribution >= 0.6 is 11.6 Å². The van der Waals surface area contributed by atoms with Crippen molar-refractivity contribution in [3.8, 4) is 12.3 Å². The second-order valence-corrected chi connectivity index (χ2v) is 4.57. The van der Waals surface area contributed by atoms with Crippen LogP contribution in [0.5, 0.6) is 0 Å². The molecule has 3 heteroatoms. The van der Waals surface area contributed by atoms with Crippen molar-refractivity contribution in [2.45, 2.75) is 31.8 Å². The van der Waals surface area contributed by atoms with Gasteiger partial charge in [0.05, 0.1) is 0 Å². The quantitative estimate of drug-likeness (QED) is 0.698. The van der Waals surface area contributed by atoms with Gasteiger partial charge in [-0.2, -0.15) is 0 Å². The lowest BCUT2D eigenvalue weighted by molar-refractivity contribution is -0.143. The zero-order chi connectivity index (χ0) is 11.8. The predicted octanol–water partition coefficient (Wildman–Crippen LogP) is 3.17. The zero-order valence-corrected chi connectivity index (χ0v) is 9.99. The molecular weight excluding hydrogens is 224 g/mol. The highest BCUT2D eigenvalue weighted by molar-refractivity contribution is 6.31. The molecule has 1 aliphatic heterocycles. The molecule has 2 nitrogen and oxygen atoms in total. The molecule has 0 bridgehead atoms. The summed E-state index contributed by atoms with van der Waals surface area (Å²) in [6, 6.07) is 7.50. The van der Waals surface area contributed by atoms with Crippen molar-refractivity contribution >= 4 is 11.6 Å². The minimum absolute atomic E-state index is 0.298. The van der Waals surface area contributed by atoms with Gasteiger partial charge < -0.3 is 9.47 Å². The van der Waals surface area contributed by atoms with Crippen LogP contribution in [0.3, 0.4) is 0 Å². The number of halogens is 1. The van der Waals surface area contributed by atoms with E-state index in [1.165, 1.54) is 0 Å². The third-order valence-corrected chi connectivity index (χ3v) is 2.82. The average molecular weight is 237 g/mol. The van der Waals surface area contributed by atoms with Gasteiger partial charge in [-0.1, -0.05) is 35.7 Å². The molecule has 84 valence electrons. The van der Waals surface area contributed by atoms with Crippen molar-refractivity contribution < 1.29 is 9.47 Å². The maximum Gasteiger partial charge on any atom is 0.165 e. The molecule has 0 amide bonds. The molecule has 1 aliphatic rings. The molecule has 2 rings (SSSR count). The highest BCUT2D eigenvalue weighted by Gasteiger charge is 2.41. The zero-order valence-electron chi connectivity index (χ0n) is 9.24. The van der Waals surface area contributed by atoms with Gasteiger partial charge in [0.25, 0.3) is 0 Å². The first-order valence-electron chi connectivity index (χ1n) is 5.10. The van der Waals surface area contributed by atoms with Crippen molar-refractivity contribution in [1.29, 1.82) is 0 Å². The Kier molecular flexibility index (Phi) is 2.94. The van der Waals surface area contributed by atoms with Gasteiger partial charge in [-0.25, -0.2) is 0 Å². The molecule has 0 N–H and O–H groups in total. The number of benzene rings is 1. The molecule has 1 fully saturated rings. The maximum atomic E-state index is 6.12. The van der Waals surface area contributed by atoms with E-state index in [9.17, 15) is 0 Å². The molecule has 1 heterocycles. The van der Waals surface area contributed by atoms with Crippen molar-refractivity contribution in [3.05, 3.63) is 34.9 Å². The first-order chi connectivity index (χ1) is 7.53. The van der Waals surface area contributed by atoms with E-state index in [4.69, 9.17) is 27.5 Å². The predicted molar refractivity (Wildman–Crippen MR) is 63.1 cm³/mol. The summed E-state index contributed by atoms with van der Waals surface area (Å²) in [6.07, 6.45) is 4.74. The molecule has 2 atom stereocenters. The van der Waals surface area contributed by atoms with E-state index in [0.717, 1.165) is 5.56 Å². The molecule has 0 aromatic heterocycles. The molecule has 0 saturated carbocycles. The number of ether oxygens (including phenoxy) is 2. The minimum atomic E-state index is -0.666. The number of rotatable bonds is 1. The van der Waals surface area contributed by atoms with Gasteiger partial charge in [0, 0.05) is 10.6 Å². The van der Waals surface area contributed by atoms with E-state index in [0.29, 0.717) is 5.02 Å². The molecule has 1 aromatic carbocycles. The lowest BCUT2D eigenvalue weighted by atomic mass is 10.1. The Balaban J connectivity index is 2.35. The molecule has 0 aliphatic carbocycles. The van der Waals surface area contributed by atoms with E-state index in [2.05, 4.69) is 5.92 Å². The normalized spacial score (nSPS) is 27.6. The van der Waals surface area contributed by atoms with Crippen LogP contribution in [0, 0.1) is 12.3 Å². The molecule has 2 unspecified atom stereocenters. The molecular formula is C13H13ClO2. The summed E-state index contributed by atoms with van der Waals surface area (Å²) in [6.45, 7) is 3.68. The fraction of sp³-hybridized carbons (Fsp3) is 0.385. The summed E-state index contributed by atoms with van der Waals surface area (Å²) in [7, 11) is 0. The molecule has 1 saturated heterocycles. The fourth-order valence-corrected chi connectivity index (χ4v) is 2.06. The van der Waals surface area contributed by atoms with E-state index < -0.39 is 11.9 Å². The Morgan fingerprint density at radius 3 is 2.62 bits per heavy atom. The highest BCUT2D eigenvalue weighted by Crippen LogP contribution is 2.40. The van der Waals surface area contributed by atoms with Gasteiger partial charge in [0.2, 0.25) is 0 Å². The third-order valence-electron chi connectivity index (χ3n) is 2.47. The summed E-state index contributed by atoms with van der Waals surface area (Å²) < 4.78 is 11.4. The number of hydrogen-bond acceptors (Lipinski definition) is 2. The average Bonchev–Trinajstić information content (AvgIpc) is 2.54. The van der Waals surface area contributed by atoms with E-state index >= 15 is 0 Å². The monoisotopic (exact) mass is 236 g/mol. The van der Waals surface area contributed by atoms with Crippen LogP contribution in [0.25, 0.3) is 0 Å². The maximum absolute atomic E-state index is 6.12. The van der Waals surface area contributed by atoms with Gasteiger partial charge >= 0.3 is 0 Å². The van der Waals surface area contributed by atoms with Crippen molar-refractivity contribution in [2.24, 2.45) is 0 Å². The van der Waals surface area contributed by atoms with Gasteiger partial charge in [-0.15, -0.1) is 6.42 Å².